The molecule has 0 aliphatic carbocycles. The van der Waals surface area contributed by atoms with Crippen molar-refractivity contribution in [1.82, 2.24) is 4.98 Å². The molecule has 3 heteroatoms. The summed E-state index contributed by atoms with van der Waals surface area (Å²) >= 11 is 5.74. The molecule has 0 atom stereocenters. The van der Waals surface area contributed by atoms with E-state index in [0.717, 1.165) is 11.3 Å². The van der Waals surface area contributed by atoms with Crippen LogP contribution < -0.4 is 5.73 Å². The summed E-state index contributed by atoms with van der Waals surface area (Å²) in [5.41, 5.74) is 8.07. The summed E-state index contributed by atoms with van der Waals surface area (Å²) in [5.74, 6) is 0. The van der Waals surface area contributed by atoms with Gasteiger partial charge in [-0.25, -0.2) is 0 Å². The van der Waals surface area contributed by atoms with Crippen LogP contribution in [0.15, 0.2) is 6.20 Å². The van der Waals surface area contributed by atoms with Gasteiger partial charge in [-0.05, 0) is 19.4 Å². The Labute approximate surface area is 65.0 Å². The Hall–Kier alpha value is -0.760. The molecule has 10 heavy (non-hydrogen) atoms. The molecule has 1 heterocycles. The molecule has 0 saturated heterocycles. The van der Waals surface area contributed by atoms with E-state index in [1.165, 1.54) is 0 Å². The summed E-state index contributed by atoms with van der Waals surface area (Å²) < 4.78 is 0. The Morgan fingerprint density at radius 3 is 2.60 bits per heavy atom. The standard InChI is InChI=1S/C7H9ClN2/c1-4-6(8)3-10-5(2)7(4)9/h3H,9H2,1-2H3. The second kappa shape index (κ2) is 2.46. The number of halogens is 1. The van der Waals surface area contributed by atoms with Crippen molar-refractivity contribution in [2.24, 2.45) is 0 Å². The predicted molar refractivity (Wildman–Crippen MR) is 43.1 cm³/mol. The molecule has 0 aromatic carbocycles. The first-order valence-corrected chi connectivity index (χ1v) is 3.38. The average Bonchev–Trinajstić information content (AvgIpc) is 1.93. The number of anilines is 1. The summed E-state index contributed by atoms with van der Waals surface area (Å²) in [6, 6.07) is 0. The molecular formula is C7H9ClN2. The molecule has 1 rings (SSSR count). The predicted octanol–water partition coefficient (Wildman–Crippen LogP) is 1.93. The lowest BCUT2D eigenvalue weighted by Gasteiger charge is -2.03. The lowest BCUT2D eigenvalue weighted by atomic mass is 10.2. The molecule has 0 saturated carbocycles. The van der Waals surface area contributed by atoms with Crippen LogP contribution in [0.4, 0.5) is 5.69 Å². The van der Waals surface area contributed by atoms with Gasteiger partial charge < -0.3 is 5.73 Å². The van der Waals surface area contributed by atoms with Crippen LogP contribution in [0.2, 0.25) is 5.02 Å². The molecule has 0 bridgehead atoms. The first kappa shape index (κ1) is 7.35. The maximum Gasteiger partial charge on any atom is 0.0639 e. The van der Waals surface area contributed by atoms with Gasteiger partial charge in [0.2, 0.25) is 0 Å². The highest BCUT2D eigenvalue weighted by molar-refractivity contribution is 6.31. The molecular weight excluding hydrogens is 148 g/mol. The Morgan fingerprint density at radius 1 is 1.50 bits per heavy atom. The van der Waals surface area contributed by atoms with E-state index in [0.29, 0.717) is 10.7 Å². The zero-order valence-electron chi connectivity index (χ0n) is 5.98. The Kier molecular flexibility index (Phi) is 1.81. The quantitative estimate of drug-likeness (QED) is 0.624. The fourth-order valence-electron chi connectivity index (χ4n) is 0.720. The highest BCUT2D eigenvalue weighted by Crippen LogP contribution is 2.21. The fourth-order valence-corrected chi connectivity index (χ4v) is 0.870. The van der Waals surface area contributed by atoms with E-state index in [4.69, 9.17) is 17.3 Å². The van der Waals surface area contributed by atoms with E-state index in [2.05, 4.69) is 4.98 Å². The van der Waals surface area contributed by atoms with Gasteiger partial charge in [0.1, 0.15) is 0 Å². The number of nitrogen functional groups attached to an aromatic ring is 1. The smallest absolute Gasteiger partial charge is 0.0639 e. The first-order valence-electron chi connectivity index (χ1n) is 3.00. The van der Waals surface area contributed by atoms with E-state index >= 15 is 0 Å². The normalized spacial score (nSPS) is 9.90. The van der Waals surface area contributed by atoms with Gasteiger partial charge in [0, 0.05) is 6.20 Å². The molecule has 54 valence electrons. The van der Waals surface area contributed by atoms with Crippen molar-refractivity contribution < 1.29 is 0 Å². The largest absolute Gasteiger partial charge is 0.397 e. The van der Waals surface area contributed by atoms with Gasteiger partial charge in [-0.3, -0.25) is 4.98 Å². The number of nitrogens with zero attached hydrogens (tertiary/aromatic N) is 1. The van der Waals surface area contributed by atoms with Crippen LogP contribution in [0.1, 0.15) is 11.3 Å². The number of hydrogen-bond acceptors (Lipinski definition) is 2. The van der Waals surface area contributed by atoms with Crippen molar-refractivity contribution in [3.8, 4) is 0 Å². The molecule has 0 amide bonds. The van der Waals surface area contributed by atoms with E-state index in [1.54, 1.807) is 6.20 Å². The second-order valence-electron chi connectivity index (χ2n) is 2.23. The van der Waals surface area contributed by atoms with Crippen molar-refractivity contribution in [2.45, 2.75) is 13.8 Å². The zero-order chi connectivity index (χ0) is 7.72. The molecule has 0 spiro atoms. The van der Waals surface area contributed by atoms with Gasteiger partial charge in [-0.2, -0.15) is 0 Å². The molecule has 2 N–H and O–H groups in total. The number of rotatable bonds is 0. The Balaban J connectivity index is 3.34. The van der Waals surface area contributed by atoms with Gasteiger partial charge in [0.15, 0.2) is 0 Å². The van der Waals surface area contributed by atoms with Crippen molar-refractivity contribution in [3.05, 3.63) is 22.5 Å². The third-order valence-corrected chi connectivity index (χ3v) is 1.90. The van der Waals surface area contributed by atoms with E-state index in [1.807, 2.05) is 13.8 Å². The second-order valence-corrected chi connectivity index (χ2v) is 2.64. The summed E-state index contributed by atoms with van der Waals surface area (Å²) in [6.07, 6.45) is 1.61. The Bertz CT molecular complexity index is 231. The van der Waals surface area contributed by atoms with Crippen LogP contribution in [-0.4, -0.2) is 4.98 Å². The lowest BCUT2D eigenvalue weighted by Crippen LogP contribution is -1.96. The third-order valence-electron chi connectivity index (χ3n) is 1.52. The van der Waals surface area contributed by atoms with Gasteiger partial charge >= 0.3 is 0 Å². The summed E-state index contributed by atoms with van der Waals surface area (Å²) in [4.78, 5) is 3.98. The maximum absolute atomic E-state index is 5.74. The van der Waals surface area contributed by atoms with Crippen molar-refractivity contribution in [2.75, 3.05) is 5.73 Å². The van der Waals surface area contributed by atoms with Crippen LogP contribution in [-0.2, 0) is 0 Å². The van der Waals surface area contributed by atoms with Crippen molar-refractivity contribution in [1.29, 1.82) is 0 Å². The van der Waals surface area contributed by atoms with E-state index in [-0.39, 0.29) is 0 Å². The third kappa shape index (κ3) is 1.07. The van der Waals surface area contributed by atoms with Crippen LogP contribution in [0.5, 0.6) is 0 Å². The number of pyridine rings is 1. The maximum atomic E-state index is 5.74. The van der Waals surface area contributed by atoms with Gasteiger partial charge in [-0.15, -0.1) is 0 Å². The molecule has 0 fully saturated rings. The monoisotopic (exact) mass is 156 g/mol. The van der Waals surface area contributed by atoms with Crippen LogP contribution in [0.3, 0.4) is 0 Å². The minimum absolute atomic E-state index is 0.628. The number of aryl methyl sites for hydroxylation is 1. The van der Waals surface area contributed by atoms with E-state index < -0.39 is 0 Å². The number of aromatic nitrogens is 1. The lowest BCUT2D eigenvalue weighted by molar-refractivity contribution is 1.18. The van der Waals surface area contributed by atoms with E-state index in [9.17, 15) is 0 Å². The Morgan fingerprint density at radius 2 is 2.10 bits per heavy atom. The van der Waals surface area contributed by atoms with Gasteiger partial charge in [0.05, 0.1) is 16.4 Å². The number of nitrogens with two attached hydrogens (primary N) is 1. The number of hydrogen-bond donors (Lipinski definition) is 1. The SMILES string of the molecule is Cc1ncc(Cl)c(C)c1N. The van der Waals surface area contributed by atoms with Crippen LogP contribution in [0, 0.1) is 13.8 Å². The molecule has 1 aromatic rings. The average molecular weight is 157 g/mol. The summed E-state index contributed by atoms with van der Waals surface area (Å²) in [6.45, 7) is 3.74. The van der Waals surface area contributed by atoms with Crippen molar-refractivity contribution >= 4 is 17.3 Å². The highest BCUT2D eigenvalue weighted by Gasteiger charge is 2.01. The van der Waals surface area contributed by atoms with Crippen molar-refractivity contribution in [3.63, 3.8) is 0 Å². The topological polar surface area (TPSA) is 38.9 Å². The minimum atomic E-state index is 0.628. The van der Waals surface area contributed by atoms with Crippen LogP contribution in [0.25, 0.3) is 0 Å². The summed E-state index contributed by atoms with van der Waals surface area (Å²) in [5, 5.41) is 0.628. The fraction of sp³-hybridized carbons (Fsp3) is 0.286. The molecule has 2 nitrogen and oxygen atoms in total. The first-order chi connectivity index (χ1) is 4.63. The molecule has 0 aliphatic heterocycles. The van der Waals surface area contributed by atoms with Gasteiger partial charge in [-0.1, -0.05) is 11.6 Å². The van der Waals surface area contributed by atoms with Crippen LogP contribution >= 0.6 is 11.6 Å². The zero-order valence-corrected chi connectivity index (χ0v) is 6.74. The molecule has 0 aliphatic rings. The molecule has 1 aromatic heterocycles. The van der Waals surface area contributed by atoms with Gasteiger partial charge in [0.25, 0.3) is 0 Å². The summed E-state index contributed by atoms with van der Waals surface area (Å²) in [7, 11) is 0. The minimum Gasteiger partial charge on any atom is -0.397 e. The highest BCUT2D eigenvalue weighted by atomic mass is 35.5. The molecule has 0 radical (unpaired) electrons. The molecule has 0 unspecified atom stereocenters.